The van der Waals surface area contributed by atoms with Crippen LogP contribution in [0.3, 0.4) is 0 Å². The molecule has 1 saturated heterocycles. The van der Waals surface area contributed by atoms with Gasteiger partial charge in [-0.15, -0.1) is 13.2 Å². The van der Waals surface area contributed by atoms with Gasteiger partial charge in [-0.25, -0.2) is 13.1 Å². The lowest BCUT2D eigenvalue weighted by Crippen LogP contribution is -2.49. The first-order chi connectivity index (χ1) is 15.6. The van der Waals surface area contributed by atoms with E-state index < -0.39 is 22.1 Å². The third-order valence-corrected chi connectivity index (χ3v) is 7.42. The molecule has 1 aliphatic heterocycles. The molecule has 7 nitrogen and oxygen atoms in total. The van der Waals surface area contributed by atoms with E-state index in [1.54, 1.807) is 0 Å². The highest BCUT2D eigenvalue weighted by atomic mass is 32.2. The van der Waals surface area contributed by atoms with Gasteiger partial charge >= 0.3 is 6.36 Å². The van der Waals surface area contributed by atoms with Crippen LogP contribution in [0.15, 0.2) is 59.5 Å². The van der Waals surface area contributed by atoms with E-state index in [2.05, 4.69) is 14.7 Å². The number of hydrogen-bond acceptors (Lipinski definition) is 5. The third kappa shape index (κ3) is 4.83. The number of para-hydroxylation sites is 1. The lowest BCUT2D eigenvalue weighted by atomic mass is 10.2. The number of hydrogen-bond donors (Lipinski definition) is 0. The quantitative estimate of drug-likeness (QED) is 0.554. The Hall–Kier alpha value is -3.05. The zero-order valence-corrected chi connectivity index (χ0v) is 18.9. The molecule has 0 radical (unpaired) electrons. The zero-order valence-electron chi connectivity index (χ0n) is 18.1. The second-order valence-corrected chi connectivity index (χ2v) is 9.62. The van der Waals surface area contributed by atoms with E-state index in [4.69, 9.17) is 0 Å². The first-order valence-electron chi connectivity index (χ1n) is 10.3. The number of sulfonamides is 1. The molecule has 0 saturated carbocycles. The molecule has 33 heavy (non-hydrogen) atoms. The third-order valence-electron chi connectivity index (χ3n) is 5.50. The Morgan fingerprint density at radius 2 is 1.52 bits per heavy atom. The molecule has 1 aromatic heterocycles. The number of aromatic nitrogens is 2. The smallest absolute Gasteiger partial charge is 0.406 e. The second kappa shape index (κ2) is 8.71. The lowest BCUT2D eigenvalue weighted by molar-refractivity contribution is -0.274. The van der Waals surface area contributed by atoms with Gasteiger partial charge in [0.25, 0.3) is 0 Å². The molecule has 2 heterocycles. The van der Waals surface area contributed by atoms with Crippen molar-refractivity contribution in [2.45, 2.75) is 25.1 Å². The Labute approximate surface area is 190 Å². The summed E-state index contributed by atoms with van der Waals surface area (Å²) in [5.41, 5.74) is 3.75. The van der Waals surface area contributed by atoms with Crippen molar-refractivity contribution in [1.82, 2.24) is 14.1 Å². The molecule has 0 unspecified atom stereocenters. The predicted molar refractivity (Wildman–Crippen MR) is 117 cm³/mol. The van der Waals surface area contributed by atoms with E-state index >= 15 is 0 Å². The summed E-state index contributed by atoms with van der Waals surface area (Å²) >= 11 is 0. The van der Waals surface area contributed by atoms with Crippen LogP contribution >= 0.6 is 0 Å². The van der Waals surface area contributed by atoms with Crippen LogP contribution in [-0.2, 0) is 10.0 Å². The van der Waals surface area contributed by atoms with E-state index in [1.165, 1.54) is 4.31 Å². The lowest BCUT2D eigenvalue weighted by Gasteiger charge is -2.35. The Bertz CT molecular complexity index is 1220. The fraction of sp³-hybridized carbons (Fsp3) is 0.318. The molecule has 0 aliphatic carbocycles. The molecule has 1 fully saturated rings. The minimum absolute atomic E-state index is 0.0743. The highest BCUT2D eigenvalue weighted by Crippen LogP contribution is 2.29. The van der Waals surface area contributed by atoms with Gasteiger partial charge < -0.3 is 9.64 Å². The van der Waals surface area contributed by atoms with Gasteiger partial charge in [-0.1, -0.05) is 18.2 Å². The minimum atomic E-state index is -4.83. The summed E-state index contributed by atoms with van der Waals surface area (Å²) in [5.74, 6) is -0.465. The van der Waals surface area contributed by atoms with Crippen molar-refractivity contribution in [3.8, 4) is 11.4 Å². The summed E-state index contributed by atoms with van der Waals surface area (Å²) in [5, 5.41) is 4.66. The van der Waals surface area contributed by atoms with Crippen LogP contribution < -0.4 is 9.64 Å². The van der Waals surface area contributed by atoms with Crippen molar-refractivity contribution in [2.24, 2.45) is 0 Å². The summed E-state index contributed by atoms with van der Waals surface area (Å²) in [6.07, 6.45) is -4.83. The van der Waals surface area contributed by atoms with Gasteiger partial charge in [0, 0.05) is 26.2 Å². The molecule has 2 aromatic carbocycles. The van der Waals surface area contributed by atoms with Gasteiger partial charge in [0.15, 0.2) is 0 Å². The molecule has 3 aromatic rings. The van der Waals surface area contributed by atoms with Crippen molar-refractivity contribution in [1.29, 1.82) is 0 Å². The number of ether oxygens (including phenoxy) is 1. The number of alkyl halides is 3. The van der Waals surface area contributed by atoms with Gasteiger partial charge in [0.1, 0.15) is 5.75 Å². The predicted octanol–water partition coefficient (Wildman–Crippen LogP) is 3.90. The van der Waals surface area contributed by atoms with Crippen LogP contribution in [0, 0.1) is 13.8 Å². The number of rotatable bonds is 5. The first-order valence-corrected chi connectivity index (χ1v) is 11.7. The fourth-order valence-electron chi connectivity index (χ4n) is 4.03. The van der Waals surface area contributed by atoms with E-state index in [0.717, 1.165) is 47.0 Å². The number of halogens is 3. The highest BCUT2D eigenvalue weighted by molar-refractivity contribution is 7.89. The average molecular weight is 481 g/mol. The number of benzene rings is 2. The van der Waals surface area contributed by atoms with Crippen LogP contribution in [-0.4, -0.2) is 55.0 Å². The monoisotopic (exact) mass is 480 g/mol. The van der Waals surface area contributed by atoms with Gasteiger partial charge in [-0.3, -0.25) is 0 Å². The summed E-state index contributed by atoms with van der Waals surface area (Å²) in [6, 6.07) is 14.0. The van der Waals surface area contributed by atoms with Gasteiger partial charge in [0.2, 0.25) is 10.0 Å². The first kappa shape index (κ1) is 23.1. The molecule has 0 N–H and O–H groups in total. The molecule has 4 rings (SSSR count). The maximum absolute atomic E-state index is 13.0. The van der Waals surface area contributed by atoms with Gasteiger partial charge in [0.05, 0.1) is 27.7 Å². The Morgan fingerprint density at radius 1 is 0.909 bits per heavy atom. The minimum Gasteiger partial charge on any atom is -0.406 e. The number of piperazine rings is 1. The molecule has 0 bridgehead atoms. The number of anilines is 1. The van der Waals surface area contributed by atoms with Crippen molar-refractivity contribution >= 4 is 15.7 Å². The van der Waals surface area contributed by atoms with Crippen molar-refractivity contribution in [2.75, 3.05) is 31.1 Å². The zero-order chi connectivity index (χ0) is 23.8. The SMILES string of the molecule is Cc1nn(-c2ccccc2)c(C)c1N1CCN(S(=O)(=O)c2ccc(OC(F)(F)F)cc2)CC1. The summed E-state index contributed by atoms with van der Waals surface area (Å²) < 4.78 is 70.0. The molecular weight excluding hydrogens is 457 g/mol. The van der Waals surface area contributed by atoms with Crippen LogP contribution in [0.4, 0.5) is 18.9 Å². The van der Waals surface area contributed by atoms with Crippen LogP contribution in [0.1, 0.15) is 11.4 Å². The molecule has 0 atom stereocenters. The number of aryl methyl sites for hydroxylation is 1. The van der Waals surface area contributed by atoms with E-state index in [-0.39, 0.29) is 18.0 Å². The molecule has 176 valence electrons. The average Bonchev–Trinajstić information content (AvgIpc) is 3.07. The van der Waals surface area contributed by atoms with E-state index in [9.17, 15) is 21.6 Å². The normalized spacial score (nSPS) is 15.6. The van der Waals surface area contributed by atoms with E-state index in [1.807, 2.05) is 48.9 Å². The van der Waals surface area contributed by atoms with Gasteiger partial charge in [-0.2, -0.15) is 9.40 Å². The highest BCUT2D eigenvalue weighted by Gasteiger charge is 2.33. The molecule has 0 spiro atoms. The Morgan fingerprint density at radius 3 is 2.09 bits per heavy atom. The van der Waals surface area contributed by atoms with E-state index in [0.29, 0.717) is 13.1 Å². The fourth-order valence-corrected chi connectivity index (χ4v) is 5.45. The summed E-state index contributed by atoms with van der Waals surface area (Å²) in [4.78, 5) is 2.04. The van der Waals surface area contributed by atoms with Gasteiger partial charge in [-0.05, 0) is 50.2 Å². The summed E-state index contributed by atoms with van der Waals surface area (Å²) in [6.45, 7) is 5.34. The second-order valence-electron chi connectivity index (χ2n) is 7.68. The summed E-state index contributed by atoms with van der Waals surface area (Å²) in [7, 11) is -3.84. The topological polar surface area (TPSA) is 67.7 Å². The maximum Gasteiger partial charge on any atom is 0.573 e. The maximum atomic E-state index is 13.0. The van der Waals surface area contributed by atoms with Crippen LogP contribution in [0.2, 0.25) is 0 Å². The Balaban J connectivity index is 1.47. The number of nitrogens with zero attached hydrogens (tertiary/aromatic N) is 4. The van der Waals surface area contributed by atoms with Crippen LogP contribution in [0.5, 0.6) is 5.75 Å². The van der Waals surface area contributed by atoms with Crippen LogP contribution in [0.25, 0.3) is 5.69 Å². The van der Waals surface area contributed by atoms with Crippen molar-refractivity contribution < 1.29 is 26.3 Å². The molecule has 0 amide bonds. The molecule has 11 heteroatoms. The molecule has 1 aliphatic rings. The van der Waals surface area contributed by atoms with Crippen molar-refractivity contribution in [3.05, 3.63) is 66.0 Å². The van der Waals surface area contributed by atoms with Crippen molar-refractivity contribution in [3.63, 3.8) is 0 Å². The largest absolute Gasteiger partial charge is 0.573 e. The standard InChI is InChI=1S/C22H23F3N4O3S/c1-16-21(17(2)29(26-16)18-6-4-3-5-7-18)27-12-14-28(15-13-27)33(30,31)20-10-8-19(9-11-20)32-22(23,24)25/h3-11H,12-15H2,1-2H3. The molecular formula is C22H23F3N4O3S. The Kier molecular flexibility index (Phi) is 6.10.